The van der Waals surface area contributed by atoms with Crippen molar-refractivity contribution in [2.24, 2.45) is 17.1 Å². The van der Waals surface area contributed by atoms with Crippen molar-refractivity contribution in [2.75, 3.05) is 13.1 Å². The first-order valence-electron chi connectivity index (χ1n) is 9.37. The van der Waals surface area contributed by atoms with Crippen LogP contribution in [-0.4, -0.2) is 41.5 Å². The van der Waals surface area contributed by atoms with Crippen molar-refractivity contribution in [1.82, 2.24) is 10.2 Å². The first-order valence-corrected chi connectivity index (χ1v) is 9.37. The summed E-state index contributed by atoms with van der Waals surface area (Å²) in [7, 11) is 0. The van der Waals surface area contributed by atoms with E-state index in [0.717, 1.165) is 12.5 Å². The maximum absolute atomic E-state index is 12.5. The van der Waals surface area contributed by atoms with Crippen molar-refractivity contribution in [3.8, 4) is 6.07 Å². The van der Waals surface area contributed by atoms with E-state index in [-0.39, 0.29) is 11.3 Å². The smallest absolute Gasteiger partial charge is 0.238 e. The molecule has 1 saturated heterocycles. The van der Waals surface area contributed by atoms with Gasteiger partial charge in [-0.1, -0.05) is 27.7 Å². The zero-order chi connectivity index (χ0) is 18.0. The Balaban J connectivity index is 1.93. The minimum absolute atomic E-state index is 0.00291. The molecule has 1 aliphatic carbocycles. The van der Waals surface area contributed by atoms with Crippen molar-refractivity contribution in [3.63, 3.8) is 0 Å². The van der Waals surface area contributed by atoms with Crippen LogP contribution in [0.25, 0.3) is 0 Å². The van der Waals surface area contributed by atoms with E-state index in [0.29, 0.717) is 25.4 Å². The van der Waals surface area contributed by atoms with Crippen LogP contribution in [0, 0.1) is 22.7 Å². The Hall–Kier alpha value is -1.12. The number of amides is 1. The molecule has 2 unspecified atom stereocenters. The van der Waals surface area contributed by atoms with Gasteiger partial charge >= 0.3 is 0 Å². The van der Waals surface area contributed by atoms with Gasteiger partial charge in [0.15, 0.2) is 0 Å². The number of carbonyl (C=O) groups excluding carboxylic acids is 1. The Bertz CT molecular complexity index is 485. The Morgan fingerprint density at radius 3 is 2.54 bits per heavy atom. The number of nitrogens with one attached hydrogen (secondary N) is 1. The van der Waals surface area contributed by atoms with E-state index >= 15 is 0 Å². The van der Waals surface area contributed by atoms with Crippen LogP contribution in [0.1, 0.15) is 66.2 Å². The molecule has 2 fully saturated rings. The molecule has 0 spiro atoms. The number of hydrogen-bond donors (Lipinski definition) is 2. The maximum Gasteiger partial charge on any atom is 0.238 e. The van der Waals surface area contributed by atoms with E-state index < -0.39 is 11.6 Å². The maximum atomic E-state index is 12.5. The number of nitriles is 1. The molecule has 5 heteroatoms. The van der Waals surface area contributed by atoms with Crippen LogP contribution in [0.4, 0.5) is 0 Å². The third kappa shape index (κ3) is 4.94. The van der Waals surface area contributed by atoms with Gasteiger partial charge in [-0.15, -0.1) is 0 Å². The van der Waals surface area contributed by atoms with Gasteiger partial charge in [-0.05, 0) is 49.9 Å². The standard InChI is InChI=1S/C19H34N4O/c1-14-5-7-15(8-6-14)23-10-9-19(12-20,13-23)22-17(24)16(21)11-18(2,3)4/h14-16H,5-11,13,21H2,1-4H3,(H,22,24)/t14-,15+,16?,19?. The van der Waals surface area contributed by atoms with E-state index in [9.17, 15) is 10.1 Å². The monoisotopic (exact) mass is 334 g/mol. The van der Waals surface area contributed by atoms with Crippen LogP contribution in [0.15, 0.2) is 0 Å². The summed E-state index contributed by atoms with van der Waals surface area (Å²) in [5, 5.41) is 12.7. The average Bonchev–Trinajstić information content (AvgIpc) is 2.91. The fraction of sp³-hybridized carbons (Fsp3) is 0.895. The highest BCUT2D eigenvalue weighted by Crippen LogP contribution is 2.32. The van der Waals surface area contributed by atoms with Gasteiger partial charge in [0.05, 0.1) is 12.1 Å². The Morgan fingerprint density at radius 2 is 2.00 bits per heavy atom. The van der Waals surface area contributed by atoms with E-state index in [1.165, 1.54) is 25.7 Å². The summed E-state index contributed by atoms with van der Waals surface area (Å²) < 4.78 is 0. The summed E-state index contributed by atoms with van der Waals surface area (Å²) in [5.74, 6) is 0.630. The summed E-state index contributed by atoms with van der Waals surface area (Å²) in [6.07, 6.45) is 6.27. The lowest BCUT2D eigenvalue weighted by molar-refractivity contribution is -0.124. The second kappa shape index (κ2) is 7.41. The Labute approximate surface area is 147 Å². The Kier molecular flexibility index (Phi) is 5.93. The molecular formula is C19H34N4O. The molecule has 0 radical (unpaired) electrons. The summed E-state index contributed by atoms with van der Waals surface area (Å²) in [5.41, 5.74) is 5.28. The molecule has 2 atom stereocenters. The molecule has 136 valence electrons. The summed E-state index contributed by atoms with van der Waals surface area (Å²) >= 11 is 0. The highest BCUT2D eigenvalue weighted by molar-refractivity contribution is 5.82. The van der Waals surface area contributed by atoms with Gasteiger partial charge in [-0.3, -0.25) is 9.69 Å². The lowest BCUT2D eigenvalue weighted by atomic mass is 9.86. The molecule has 5 nitrogen and oxygen atoms in total. The Morgan fingerprint density at radius 1 is 1.38 bits per heavy atom. The number of nitrogens with two attached hydrogens (primary N) is 1. The first-order chi connectivity index (χ1) is 11.1. The topological polar surface area (TPSA) is 82.1 Å². The number of carbonyl (C=O) groups is 1. The molecule has 1 amide bonds. The summed E-state index contributed by atoms with van der Waals surface area (Å²) in [4.78, 5) is 14.9. The first kappa shape index (κ1) is 19.2. The molecule has 0 aromatic carbocycles. The zero-order valence-electron chi connectivity index (χ0n) is 15.8. The largest absolute Gasteiger partial charge is 0.335 e. The van der Waals surface area contributed by atoms with Crippen LogP contribution < -0.4 is 11.1 Å². The van der Waals surface area contributed by atoms with Crippen LogP contribution in [0.3, 0.4) is 0 Å². The van der Waals surface area contributed by atoms with Gasteiger partial charge in [-0.25, -0.2) is 0 Å². The van der Waals surface area contributed by atoms with Crippen LogP contribution >= 0.6 is 0 Å². The fourth-order valence-electron chi connectivity index (χ4n) is 4.06. The van der Waals surface area contributed by atoms with Gasteiger partial charge in [-0.2, -0.15) is 5.26 Å². The zero-order valence-corrected chi connectivity index (χ0v) is 15.8. The van der Waals surface area contributed by atoms with E-state index in [4.69, 9.17) is 5.73 Å². The number of nitrogens with zero attached hydrogens (tertiary/aromatic N) is 2. The quantitative estimate of drug-likeness (QED) is 0.827. The van der Waals surface area contributed by atoms with Gasteiger partial charge in [0, 0.05) is 19.1 Å². The number of hydrogen-bond acceptors (Lipinski definition) is 4. The molecule has 1 heterocycles. The van der Waals surface area contributed by atoms with Gasteiger partial charge in [0.25, 0.3) is 0 Å². The van der Waals surface area contributed by atoms with E-state index in [1.54, 1.807) is 0 Å². The lowest BCUT2D eigenvalue weighted by Crippen LogP contribution is -2.55. The van der Waals surface area contributed by atoms with Crippen molar-refractivity contribution in [3.05, 3.63) is 0 Å². The number of rotatable bonds is 4. The second-order valence-electron chi connectivity index (χ2n) is 9.19. The third-order valence-corrected chi connectivity index (χ3v) is 5.55. The minimum atomic E-state index is -0.768. The van der Waals surface area contributed by atoms with Gasteiger partial charge < -0.3 is 11.1 Å². The molecule has 24 heavy (non-hydrogen) atoms. The van der Waals surface area contributed by atoms with Crippen molar-refractivity contribution >= 4 is 5.91 Å². The predicted octanol–water partition coefficient (Wildman–Crippen LogP) is 2.41. The van der Waals surface area contributed by atoms with Crippen molar-refractivity contribution in [1.29, 1.82) is 5.26 Å². The second-order valence-corrected chi connectivity index (χ2v) is 9.19. The third-order valence-electron chi connectivity index (χ3n) is 5.55. The van der Waals surface area contributed by atoms with Crippen molar-refractivity contribution in [2.45, 2.75) is 83.8 Å². The van der Waals surface area contributed by atoms with E-state index in [1.807, 2.05) is 0 Å². The van der Waals surface area contributed by atoms with Crippen LogP contribution in [0.5, 0.6) is 0 Å². The average molecular weight is 335 g/mol. The predicted molar refractivity (Wildman–Crippen MR) is 96.1 cm³/mol. The van der Waals surface area contributed by atoms with Crippen molar-refractivity contribution < 1.29 is 4.79 Å². The van der Waals surface area contributed by atoms with Crippen LogP contribution in [-0.2, 0) is 4.79 Å². The lowest BCUT2D eigenvalue weighted by Gasteiger charge is -2.34. The van der Waals surface area contributed by atoms with Gasteiger partial charge in [0.2, 0.25) is 5.91 Å². The fourth-order valence-corrected chi connectivity index (χ4v) is 4.06. The summed E-state index contributed by atoms with van der Waals surface area (Å²) in [6.45, 7) is 10.1. The molecular weight excluding hydrogens is 300 g/mol. The van der Waals surface area contributed by atoms with Crippen LogP contribution in [0.2, 0.25) is 0 Å². The molecule has 2 aliphatic rings. The molecule has 2 rings (SSSR count). The molecule has 1 saturated carbocycles. The number of likely N-dealkylation sites (tertiary alicyclic amines) is 1. The van der Waals surface area contributed by atoms with E-state index in [2.05, 4.69) is 44.0 Å². The highest BCUT2D eigenvalue weighted by atomic mass is 16.2. The normalized spacial score (nSPS) is 33.0. The minimum Gasteiger partial charge on any atom is -0.335 e. The summed E-state index contributed by atoms with van der Waals surface area (Å²) in [6, 6.07) is 2.39. The molecule has 0 aromatic heterocycles. The van der Waals surface area contributed by atoms with Gasteiger partial charge in [0.1, 0.15) is 5.54 Å². The molecule has 3 N–H and O–H groups in total. The molecule has 0 aromatic rings. The SMILES string of the molecule is CC(C)(C)CC(N)C(=O)NC1(C#N)CCN([C@H]2CC[C@@H](C)CC2)C1. The highest BCUT2D eigenvalue weighted by Gasteiger charge is 2.43. The molecule has 0 bridgehead atoms. The molecule has 1 aliphatic heterocycles.